The Morgan fingerprint density at radius 2 is 1.75 bits per heavy atom. The number of carbonyl (C=O) groups excluding carboxylic acids is 1. The summed E-state index contributed by atoms with van der Waals surface area (Å²) in [6.45, 7) is 1.87. The molecule has 0 radical (unpaired) electrons. The van der Waals surface area contributed by atoms with Crippen molar-refractivity contribution in [1.82, 2.24) is 0 Å². The quantitative estimate of drug-likeness (QED) is 0.690. The molecule has 0 heterocycles. The number of rotatable bonds is 7. The van der Waals surface area contributed by atoms with Crippen LogP contribution in [0.2, 0.25) is 0 Å². The van der Waals surface area contributed by atoms with E-state index < -0.39 is 23.6 Å². The molecule has 2 N–H and O–H groups in total. The number of carbonyl (C=O) groups is 2. The molecule has 9 heteroatoms. The third-order valence-electron chi connectivity index (χ3n) is 3.69. The van der Waals surface area contributed by atoms with Crippen molar-refractivity contribution in [2.45, 2.75) is 13.1 Å². The summed E-state index contributed by atoms with van der Waals surface area (Å²) in [5, 5.41) is 11.5. The summed E-state index contributed by atoms with van der Waals surface area (Å²) in [6.07, 6.45) is -4.61. The van der Waals surface area contributed by atoms with Crippen molar-refractivity contribution in [3.8, 4) is 5.75 Å². The van der Waals surface area contributed by atoms with Crippen molar-refractivity contribution < 1.29 is 37.3 Å². The van der Waals surface area contributed by atoms with E-state index in [1.54, 1.807) is 6.92 Å². The molecule has 0 saturated carbocycles. The van der Waals surface area contributed by atoms with Crippen LogP contribution >= 0.6 is 0 Å². The maximum Gasteiger partial charge on any atom is 0.416 e. The van der Waals surface area contributed by atoms with Crippen molar-refractivity contribution in [3.63, 3.8) is 0 Å². The zero-order valence-corrected chi connectivity index (χ0v) is 15.1. The Morgan fingerprint density at radius 3 is 2.36 bits per heavy atom. The highest BCUT2D eigenvalue weighted by atomic mass is 19.4. The van der Waals surface area contributed by atoms with Crippen LogP contribution in [-0.2, 0) is 10.9 Å². The van der Waals surface area contributed by atoms with E-state index in [0.29, 0.717) is 5.56 Å². The van der Waals surface area contributed by atoms with Gasteiger partial charge in [0, 0.05) is 12.7 Å². The highest BCUT2D eigenvalue weighted by molar-refractivity contribution is 6.06. The fourth-order valence-corrected chi connectivity index (χ4v) is 2.40. The van der Waals surface area contributed by atoms with Crippen LogP contribution in [0.3, 0.4) is 0 Å². The number of aromatic carboxylic acids is 1. The molecule has 0 spiro atoms. The highest BCUT2D eigenvalue weighted by Crippen LogP contribution is 2.35. The van der Waals surface area contributed by atoms with Crippen molar-refractivity contribution >= 4 is 17.6 Å². The van der Waals surface area contributed by atoms with Gasteiger partial charge < -0.3 is 19.9 Å². The van der Waals surface area contributed by atoms with Gasteiger partial charge in [0.05, 0.1) is 23.4 Å². The van der Waals surface area contributed by atoms with Crippen LogP contribution in [-0.4, -0.2) is 37.3 Å². The first-order valence-corrected chi connectivity index (χ1v) is 8.11. The molecule has 0 aliphatic heterocycles. The molecule has 0 unspecified atom stereocenters. The number of halogens is 3. The number of nitrogens with one attached hydrogen (secondary N) is 1. The molecule has 0 bridgehead atoms. The molecular weight excluding hydrogens is 379 g/mol. The number of alkyl halides is 3. The van der Waals surface area contributed by atoms with Gasteiger partial charge in [0.25, 0.3) is 5.91 Å². The zero-order chi connectivity index (χ0) is 20.9. The number of ether oxygens (including phenoxy) is 2. The second kappa shape index (κ2) is 8.75. The molecule has 0 saturated heterocycles. The molecule has 28 heavy (non-hydrogen) atoms. The van der Waals surface area contributed by atoms with E-state index >= 15 is 0 Å². The Hall–Kier alpha value is -3.07. The van der Waals surface area contributed by atoms with Crippen molar-refractivity contribution in [1.29, 1.82) is 0 Å². The van der Waals surface area contributed by atoms with Crippen LogP contribution in [0.4, 0.5) is 18.9 Å². The van der Waals surface area contributed by atoms with Crippen LogP contribution in [0.5, 0.6) is 5.75 Å². The summed E-state index contributed by atoms with van der Waals surface area (Å²) in [7, 11) is 1.44. The lowest BCUT2D eigenvalue weighted by Crippen LogP contribution is -2.16. The lowest BCUT2D eigenvalue weighted by atomic mass is 10.1. The topological polar surface area (TPSA) is 84.9 Å². The highest BCUT2D eigenvalue weighted by Gasteiger charge is 2.31. The van der Waals surface area contributed by atoms with Gasteiger partial charge in [-0.15, -0.1) is 0 Å². The molecule has 0 aromatic heterocycles. The van der Waals surface area contributed by atoms with E-state index in [1.165, 1.54) is 19.2 Å². The number of hydrogen-bond acceptors (Lipinski definition) is 4. The predicted octanol–water partition coefficient (Wildman–Crippen LogP) is 3.99. The third kappa shape index (κ3) is 5.46. The van der Waals surface area contributed by atoms with Gasteiger partial charge in [-0.05, 0) is 48.9 Å². The largest absolute Gasteiger partial charge is 0.489 e. The maximum atomic E-state index is 13.0. The molecule has 0 atom stereocenters. The summed E-state index contributed by atoms with van der Waals surface area (Å²) in [6, 6.07) is 6.65. The van der Waals surface area contributed by atoms with E-state index in [4.69, 9.17) is 14.6 Å². The standard InChI is InChI=1S/C19H18F3NO5/c1-11-7-12(9-13(8-11)18(25)26)17(24)23-15-10-14(19(20,21)22)3-4-16(15)28-6-5-27-2/h3-4,7-10H,5-6H2,1-2H3,(H,23,24)(H,25,26). The van der Waals surface area contributed by atoms with Crippen LogP contribution in [0.25, 0.3) is 0 Å². The number of hydrogen-bond donors (Lipinski definition) is 2. The minimum Gasteiger partial charge on any atom is -0.489 e. The van der Waals surface area contributed by atoms with Gasteiger partial charge in [-0.25, -0.2) is 4.79 Å². The molecule has 2 aromatic rings. The smallest absolute Gasteiger partial charge is 0.416 e. The fourth-order valence-electron chi connectivity index (χ4n) is 2.40. The molecule has 2 rings (SSSR count). The second-order valence-corrected chi connectivity index (χ2v) is 5.90. The molecule has 1 amide bonds. The van der Waals surface area contributed by atoms with Crippen LogP contribution < -0.4 is 10.1 Å². The summed E-state index contributed by atoms with van der Waals surface area (Å²) in [5.41, 5.74) is -0.735. The molecular formula is C19H18F3NO5. The Kier molecular flexibility index (Phi) is 6.63. The summed E-state index contributed by atoms with van der Waals surface area (Å²) >= 11 is 0. The lowest BCUT2D eigenvalue weighted by molar-refractivity contribution is -0.137. The zero-order valence-electron chi connectivity index (χ0n) is 15.1. The van der Waals surface area contributed by atoms with Crippen molar-refractivity contribution in [2.24, 2.45) is 0 Å². The first-order valence-electron chi connectivity index (χ1n) is 8.11. The summed E-state index contributed by atoms with van der Waals surface area (Å²) in [4.78, 5) is 23.7. The maximum absolute atomic E-state index is 13.0. The predicted molar refractivity (Wildman–Crippen MR) is 94.9 cm³/mol. The van der Waals surface area contributed by atoms with Gasteiger partial charge in [-0.1, -0.05) is 0 Å². The molecule has 6 nitrogen and oxygen atoms in total. The van der Waals surface area contributed by atoms with Gasteiger partial charge in [0.2, 0.25) is 0 Å². The average Bonchev–Trinajstić information content (AvgIpc) is 2.61. The van der Waals surface area contributed by atoms with E-state index in [1.807, 2.05) is 0 Å². The molecule has 0 aliphatic carbocycles. The second-order valence-electron chi connectivity index (χ2n) is 5.90. The monoisotopic (exact) mass is 397 g/mol. The molecule has 2 aromatic carbocycles. The summed E-state index contributed by atoms with van der Waals surface area (Å²) in [5.74, 6) is -1.95. The van der Waals surface area contributed by atoms with E-state index in [0.717, 1.165) is 24.3 Å². The first-order chi connectivity index (χ1) is 13.1. The Balaban J connectivity index is 2.36. The fraction of sp³-hybridized carbons (Fsp3) is 0.263. The van der Waals surface area contributed by atoms with Gasteiger partial charge in [0.15, 0.2) is 0 Å². The molecule has 150 valence electrons. The van der Waals surface area contributed by atoms with Crippen LogP contribution in [0.1, 0.15) is 31.8 Å². The number of carboxylic acid groups (broad SMARTS) is 1. The Labute approximate surface area is 158 Å². The lowest BCUT2D eigenvalue weighted by Gasteiger charge is -2.15. The Bertz CT molecular complexity index is 880. The normalized spacial score (nSPS) is 11.2. The van der Waals surface area contributed by atoms with E-state index in [2.05, 4.69) is 5.32 Å². The van der Waals surface area contributed by atoms with Gasteiger partial charge >= 0.3 is 12.1 Å². The number of amides is 1. The first kappa shape index (κ1) is 21.2. The molecule has 0 aliphatic rings. The van der Waals surface area contributed by atoms with Gasteiger partial charge in [-0.2, -0.15) is 13.2 Å². The van der Waals surface area contributed by atoms with Crippen LogP contribution in [0, 0.1) is 6.92 Å². The number of anilines is 1. The van der Waals surface area contributed by atoms with Gasteiger partial charge in [0.1, 0.15) is 12.4 Å². The van der Waals surface area contributed by atoms with Crippen molar-refractivity contribution in [3.05, 3.63) is 58.7 Å². The number of aryl methyl sites for hydroxylation is 1. The number of benzene rings is 2. The van der Waals surface area contributed by atoms with Crippen LogP contribution in [0.15, 0.2) is 36.4 Å². The SMILES string of the molecule is COCCOc1ccc(C(F)(F)F)cc1NC(=O)c1cc(C)cc(C(=O)O)c1. The number of methoxy groups -OCH3 is 1. The number of carboxylic acids is 1. The van der Waals surface area contributed by atoms with Crippen molar-refractivity contribution in [2.75, 3.05) is 25.6 Å². The van der Waals surface area contributed by atoms with E-state index in [-0.39, 0.29) is 35.8 Å². The van der Waals surface area contributed by atoms with E-state index in [9.17, 15) is 22.8 Å². The third-order valence-corrected chi connectivity index (χ3v) is 3.69. The molecule has 0 fully saturated rings. The average molecular weight is 397 g/mol. The van der Waals surface area contributed by atoms with Gasteiger partial charge in [-0.3, -0.25) is 4.79 Å². The summed E-state index contributed by atoms with van der Waals surface area (Å²) < 4.78 is 49.3. The minimum absolute atomic E-state index is 0.00217. The Morgan fingerprint density at radius 1 is 1.07 bits per heavy atom. The minimum atomic E-state index is -4.61.